The number of rotatable bonds is 12. The van der Waals surface area contributed by atoms with Crippen molar-refractivity contribution in [2.45, 2.75) is 64.1 Å². The molecule has 0 aromatic heterocycles. The highest BCUT2D eigenvalue weighted by Crippen LogP contribution is 2.28. The number of aryl methyl sites for hydroxylation is 1. The van der Waals surface area contributed by atoms with Crippen molar-refractivity contribution in [2.75, 3.05) is 10.8 Å². The van der Waals surface area contributed by atoms with Crippen LogP contribution in [0.5, 0.6) is 0 Å². The van der Waals surface area contributed by atoms with Gasteiger partial charge in [0.05, 0.1) is 10.6 Å². The van der Waals surface area contributed by atoms with Gasteiger partial charge in [0.1, 0.15) is 18.4 Å². The summed E-state index contributed by atoms with van der Waals surface area (Å²) in [6.07, 6.45) is 0.915. The zero-order valence-corrected chi connectivity index (χ0v) is 25.7. The summed E-state index contributed by atoms with van der Waals surface area (Å²) in [5.74, 6) is -1.91. The molecule has 0 saturated carbocycles. The monoisotopic (exact) mass is 621 g/mol. The summed E-state index contributed by atoms with van der Waals surface area (Å²) in [7, 11) is -4.38. The van der Waals surface area contributed by atoms with Gasteiger partial charge in [-0.1, -0.05) is 72.9 Å². The zero-order valence-electron chi connectivity index (χ0n) is 23.4. The number of halogens is 3. The molecule has 3 rings (SSSR count). The SMILES string of the molecule is CC[C@@H](C)NC(=O)[C@H](CC)N(Cc1ccc(Cl)cc1Cl)C(=O)CN(c1ccccc1F)S(=O)(=O)c1ccc(C)cc1. The molecule has 41 heavy (non-hydrogen) atoms. The van der Waals surface area contributed by atoms with Crippen molar-refractivity contribution in [3.8, 4) is 0 Å². The van der Waals surface area contributed by atoms with E-state index in [2.05, 4.69) is 5.32 Å². The number of hydrogen-bond acceptors (Lipinski definition) is 4. The van der Waals surface area contributed by atoms with Crippen molar-refractivity contribution in [3.05, 3.63) is 93.7 Å². The summed E-state index contributed by atoms with van der Waals surface area (Å²) in [6, 6.07) is 15.1. The fourth-order valence-corrected chi connectivity index (χ4v) is 6.09. The van der Waals surface area contributed by atoms with E-state index in [1.54, 1.807) is 31.2 Å². The van der Waals surface area contributed by atoms with Gasteiger partial charge in [-0.2, -0.15) is 0 Å². The molecule has 0 fully saturated rings. The molecular formula is C30H34Cl2FN3O4S. The molecule has 11 heteroatoms. The molecule has 0 aliphatic rings. The Kier molecular flexibility index (Phi) is 11.2. The Labute approximate surface area is 251 Å². The first-order valence-corrected chi connectivity index (χ1v) is 15.5. The van der Waals surface area contributed by atoms with Crippen molar-refractivity contribution in [1.82, 2.24) is 10.2 Å². The van der Waals surface area contributed by atoms with Crippen LogP contribution in [0.1, 0.15) is 44.7 Å². The molecule has 0 heterocycles. The fraction of sp³-hybridized carbons (Fsp3) is 0.333. The summed E-state index contributed by atoms with van der Waals surface area (Å²) >= 11 is 12.5. The van der Waals surface area contributed by atoms with Gasteiger partial charge in [-0.25, -0.2) is 12.8 Å². The van der Waals surface area contributed by atoms with E-state index in [0.717, 1.165) is 15.9 Å². The maximum absolute atomic E-state index is 15.0. The van der Waals surface area contributed by atoms with Gasteiger partial charge in [0.2, 0.25) is 11.8 Å². The number of para-hydroxylation sites is 1. The molecule has 1 N–H and O–H groups in total. The average Bonchev–Trinajstić information content (AvgIpc) is 2.93. The Balaban J connectivity index is 2.09. The van der Waals surface area contributed by atoms with E-state index in [9.17, 15) is 18.0 Å². The minimum atomic E-state index is -4.38. The van der Waals surface area contributed by atoms with Crippen LogP contribution in [0.25, 0.3) is 0 Å². The maximum atomic E-state index is 15.0. The van der Waals surface area contributed by atoms with Gasteiger partial charge in [0.15, 0.2) is 0 Å². The Bertz CT molecular complexity index is 1490. The Morgan fingerprint density at radius 3 is 2.22 bits per heavy atom. The number of sulfonamides is 1. The van der Waals surface area contributed by atoms with E-state index in [1.807, 2.05) is 20.8 Å². The number of nitrogens with one attached hydrogen (secondary N) is 1. The predicted molar refractivity (Wildman–Crippen MR) is 161 cm³/mol. The summed E-state index contributed by atoms with van der Waals surface area (Å²) in [5, 5.41) is 3.58. The largest absolute Gasteiger partial charge is 0.352 e. The summed E-state index contributed by atoms with van der Waals surface area (Å²) in [5.41, 5.74) is 1.06. The molecule has 7 nitrogen and oxygen atoms in total. The van der Waals surface area contributed by atoms with E-state index in [1.165, 1.54) is 41.3 Å². The quantitative estimate of drug-likeness (QED) is 0.255. The van der Waals surface area contributed by atoms with Crippen LogP contribution in [0, 0.1) is 12.7 Å². The zero-order chi connectivity index (χ0) is 30.3. The summed E-state index contributed by atoms with van der Waals surface area (Å²) in [6.45, 7) is 6.48. The molecule has 3 aromatic carbocycles. The molecule has 0 radical (unpaired) electrons. The van der Waals surface area contributed by atoms with Crippen LogP contribution < -0.4 is 9.62 Å². The van der Waals surface area contributed by atoms with Gasteiger partial charge in [0, 0.05) is 22.6 Å². The third-order valence-corrected chi connectivity index (χ3v) is 9.11. The third-order valence-electron chi connectivity index (χ3n) is 6.75. The van der Waals surface area contributed by atoms with Crippen molar-refractivity contribution in [1.29, 1.82) is 0 Å². The molecule has 220 valence electrons. The molecule has 0 unspecified atom stereocenters. The van der Waals surface area contributed by atoms with E-state index < -0.39 is 34.3 Å². The molecule has 3 aromatic rings. The molecule has 0 spiro atoms. The van der Waals surface area contributed by atoms with E-state index >= 15 is 4.39 Å². The second-order valence-electron chi connectivity index (χ2n) is 9.78. The van der Waals surface area contributed by atoms with Crippen LogP contribution in [0.15, 0.2) is 71.6 Å². The normalized spacial score (nSPS) is 12.9. The van der Waals surface area contributed by atoms with Crippen molar-refractivity contribution < 1.29 is 22.4 Å². The van der Waals surface area contributed by atoms with E-state index in [4.69, 9.17) is 23.2 Å². The number of hydrogen-bond donors (Lipinski definition) is 1. The lowest BCUT2D eigenvalue weighted by molar-refractivity contribution is -0.140. The number of amides is 2. The average molecular weight is 623 g/mol. The molecule has 2 atom stereocenters. The van der Waals surface area contributed by atoms with Crippen LogP contribution in [0.2, 0.25) is 10.0 Å². The summed E-state index contributed by atoms with van der Waals surface area (Å²) in [4.78, 5) is 28.6. The van der Waals surface area contributed by atoms with Gasteiger partial charge in [0.25, 0.3) is 10.0 Å². The Morgan fingerprint density at radius 2 is 1.63 bits per heavy atom. The van der Waals surface area contributed by atoms with Crippen LogP contribution >= 0.6 is 23.2 Å². The van der Waals surface area contributed by atoms with Crippen LogP contribution in [-0.2, 0) is 26.2 Å². The lowest BCUT2D eigenvalue weighted by atomic mass is 10.1. The minimum Gasteiger partial charge on any atom is -0.352 e. The van der Waals surface area contributed by atoms with Crippen LogP contribution in [0.3, 0.4) is 0 Å². The molecule has 0 saturated heterocycles. The van der Waals surface area contributed by atoms with E-state index in [0.29, 0.717) is 17.0 Å². The van der Waals surface area contributed by atoms with Crippen LogP contribution in [0.4, 0.5) is 10.1 Å². The van der Waals surface area contributed by atoms with E-state index in [-0.39, 0.29) is 40.5 Å². The Morgan fingerprint density at radius 1 is 0.976 bits per heavy atom. The van der Waals surface area contributed by atoms with Gasteiger partial charge >= 0.3 is 0 Å². The first-order valence-electron chi connectivity index (χ1n) is 13.3. The summed E-state index contributed by atoms with van der Waals surface area (Å²) < 4.78 is 43.5. The molecule has 0 aliphatic heterocycles. The number of carbonyl (C=O) groups excluding carboxylic acids is 2. The van der Waals surface area contributed by atoms with Gasteiger partial charge in [-0.3, -0.25) is 13.9 Å². The highest BCUT2D eigenvalue weighted by Gasteiger charge is 2.35. The smallest absolute Gasteiger partial charge is 0.264 e. The first-order chi connectivity index (χ1) is 19.4. The fourth-order valence-electron chi connectivity index (χ4n) is 4.20. The number of carbonyl (C=O) groups is 2. The van der Waals surface area contributed by atoms with Crippen LogP contribution in [-0.4, -0.2) is 43.8 Å². The lowest BCUT2D eigenvalue weighted by Gasteiger charge is -2.34. The molecule has 2 amide bonds. The van der Waals surface area contributed by atoms with Crippen molar-refractivity contribution in [2.24, 2.45) is 0 Å². The van der Waals surface area contributed by atoms with Gasteiger partial charge < -0.3 is 10.2 Å². The van der Waals surface area contributed by atoms with Crippen molar-refractivity contribution in [3.63, 3.8) is 0 Å². The molecule has 0 bridgehead atoms. The Hall–Kier alpha value is -3.14. The highest BCUT2D eigenvalue weighted by molar-refractivity contribution is 7.92. The lowest BCUT2D eigenvalue weighted by Crippen LogP contribution is -2.53. The molecule has 0 aliphatic carbocycles. The minimum absolute atomic E-state index is 0.100. The standard InChI is InChI=1S/C30H34Cl2FN3O4S/c1-5-21(4)34-30(38)27(6-2)35(18-22-13-14-23(31)17-25(22)32)29(37)19-36(28-10-8-7-9-26(28)33)41(39,40)24-15-11-20(3)12-16-24/h7-17,21,27H,5-6,18-19H2,1-4H3,(H,34,38)/t21-,27+/m1/s1. The second kappa shape index (κ2) is 14.2. The van der Waals surface area contributed by atoms with Crippen molar-refractivity contribution >= 4 is 50.7 Å². The maximum Gasteiger partial charge on any atom is 0.264 e. The number of benzene rings is 3. The van der Waals surface area contributed by atoms with Gasteiger partial charge in [-0.05, 0) is 68.7 Å². The number of anilines is 1. The predicted octanol–water partition coefficient (Wildman–Crippen LogP) is 6.36. The number of nitrogens with zero attached hydrogens (tertiary/aromatic N) is 2. The molecular weight excluding hydrogens is 588 g/mol. The first kappa shape index (κ1) is 32.4. The van der Waals surface area contributed by atoms with Gasteiger partial charge in [-0.15, -0.1) is 0 Å². The third kappa shape index (κ3) is 7.99. The second-order valence-corrected chi connectivity index (χ2v) is 12.5. The highest BCUT2D eigenvalue weighted by atomic mass is 35.5. The topological polar surface area (TPSA) is 86.8 Å².